The highest BCUT2D eigenvalue weighted by Crippen LogP contribution is 2.09. The molecule has 0 amide bonds. The smallest absolute Gasteiger partial charge is 0.120 e. The zero-order chi connectivity index (χ0) is 12.1. The van der Waals surface area contributed by atoms with E-state index in [4.69, 9.17) is 4.42 Å². The second kappa shape index (κ2) is 5.69. The molecule has 0 unspecified atom stereocenters. The van der Waals surface area contributed by atoms with E-state index in [1.54, 1.807) is 6.26 Å². The standard InChI is InChI=1S/C15H19NO/c1-12-5-3-4-6-14(12)7-9-16-11-15-13(2)8-10-17-15/h3-6,8,10,16H,7,9,11H2,1-2H3. The fourth-order valence-corrected chi connectivity index (χ4v) is 1.90. The Kier molecular flexibility index (Phi) is 3.99. The Morgan fingerprint density at radius 2 is 1.88 bits per heavy atom. The number of aryl methyl sites for hydroxylation is 2. The van der Waals surface area contributed by atoms with Gasteiger partial charge in [-0.3, -0.25) is 0 Å². The van der Waals surface area contributed by atoms with Crippen LogP contribution in [0.3, 0.4) is 0 Å². The Balaban J connectivity index is 1.77. The lowest BCUT2D eigenvalue weighted by Crippen LogP contribution is -2.17. The molecule has 0 aliphatic heterocycles. The minimum Gasteiger partial charge on any atom is -0.468 e. The number of furan rings is 1. The van der Waals surface area contributed by atoms with E-state index in [-0.39, 0.29) is 0 Å². The second-order valence-electron chi connectivity index (χ2n) is 4.38. The van der Waals surface area contributed by atoms with E-state index < -0.39 is 0 Å². The highest BCUT2D eigenvalue weighted by atomic mass is 16.3. The van der Waals surface area contributed by atoms with E-state index in [1.807, 2.05) is 6.07 Å². The number of rotatable bonds is 5. The van der Waals surface area contributed by atoms with Gasteiger partial charge >= 0.3 is 0 Å². The Morgan fingerprint density at radius 3 is 2.59 bits per heavy atom. The molecule has 0 saturated heterocycles. The summed E-state index contributed by atoms with van der Waals surface area (Å²) in [5.74, 6) is 1.04. The molecule has 0 atom stereocenters. The van der Waals surface area contributed by atoms with Gasteiger partial charge in [0.25, 0.3) is 0 Å². The van der Waals surface area contributed by atoms with Gasteiger partial charge in [-0.25, -0.2) is 0 Å². The summed E-state index contributed by atoms with van der Waals surface area (Å²) in [5, 5.41) is 3.41. The fourth-order valence-electron chi connectivity index (χ4n) is 1.90. The van der Waals surface area contributed by atoms with Gasteiger partial charge in [-0.05, 0) is 49.6 Å². The summed E-state index contributed by atoms with van der Waals surface area (Å²) in [6.07, 6.45) is 2.81. The van der Waals surface area contributed by atoms with E-state index in [0.29, 0.717) is 0 Å². The van der Waals surface area contributed by atoms with Crippen LogP contribution in [-0.4, -0.2) is 6.54 Å². The van der Waals surface area contributed by atoms with E-state index in [0.717, 1.165) is 25.3 Å². The Hall–Kier alpha value is -1.54. The Bertz CT molecular complexity index is 473. The molecular weight excluding hydrogens is 210 g/mol. The summed E-state index contributed by atoms with van der Waals surface area (Å²) in [6.45, 7) is 6.02. The van der Waals surface area contributed by atoms with Crippen LogP contribution in [-0.2, 0) is 13.0 Å². The van der Waals surface area contributed by atoms with E-state index in [2.05, 4.69) is 43.4 Å². The molecule has 2 aromatic rings. The average Bonchev–Trinajstić information content (AvgIpc) is 2.73. The first-order valence-corrected chi connectivity index (χ1v) is 6.05. The predicted molar refractivity (Wildman–Crippen MR) is 70.0 cm³/mol. The molecule has 2 heteroatoms. The van der Waals surface area contributed by atoms with Crippen molar-refractivity contribution in [1.29, 1.82) is 0 Å². The van der Waals surface area contributed by atoms with E-state index >= 15 is 0 Å². The van der Waals surface area contributed by atoms with Crippen molar-refractivity contribution in [3.05, 3.63) is 59.0 Å². The van der Waals surface area contributed by atoms with Gasteiger partial charge in [0.15, 0.2) is 0 Å². The Labute approximate surface area is 103 Å². The van der Waals surface area contributed by atoms with Crippen molar-refractivity contribution in [2.45, 2.75) is 26.8 Å². The van der Waals surface area contributed by atoms with Crippen LogP contribution in [0.2, 0.25) is 0 Å². The van der Waals surface area contributed by atoms with Gasteiger partial charge in [-0.2, -0.15) is 0 Å². The molecule has 0 spiro atoms. The first kappa shape index (κ1) is 11.9. The largest absolute Gasteiger partial charge is 0.468 e. The maximum Gasteiger partial charge on any atom is 0.120 e. The summed E-state index contributed by atoms with van der Waals surface area (Å²) in [5.41, 5.74) is 3.99. The van der Waals surface area contributed by atoms with E-state index in [9.17, 15) is 0 Å². The molecule has 0 radical (unpaired) electrons. The maximum atomic E-state index is 5.38. The van der Waals surface area contributed by atoms with Crippen molar-refractivity contribution in [3.63, 3.8) is 0 Å². The third kappa shape index (κ3) is 3.21. The van der Waals surface area contributed by atoms with Gasteiger partial charge in [0, 0.05) is 0 Å². The van der Waals surface area contributed by atoms with Crippen LogP contribution in [0.15, 0.2) is 41.0 Å². The highest BCUT2D eigenvalue weighted by Gasteiger charge is 2.01. The van der Waals surface area contributed by atoms with Crippen LogP contribution in [0, 0.1) is 13.8 Å². The topological polar surface area (TPSA) is 25.2 Å². The molecule has 2 nitrogen and oxygen atoms in total. The molecule has 0 saturated carbocycles. The molecule has 0 aliphatic carbocycles. The molecule has 1 aromatic carbocycles. The molecule has 1 heterocycles. The normalized spacial score (nSPS) is 10.7. The highest BCUT2D eigenvalue weighted by molar-refractivity contribution is 5.25. The summed E-state index contributed by atoms with van der Waals surface area (Å²) < 4.78 is 5.38. The first-order valence-electron chi connectivity index (χ1n) is 6.05. The Morgan fingerprint density at radius 1 is 1.06 bits per heavy atom. The van der Waals surface area contributed by atoms with E-state index in [1.165, 1.54) is 16.7 Å². The van der Waals surface area contributed by atoms with Crippen LogP contribution >= 0.6 is 0 Å². The average molecular weight is 229 g/mol. The third-order valence-corrected chi connectivity index (χ3v) is 3.09. The van der Waals surface area contributed by atoms with Gasteiger partial charge in [-0.15, -0.1) is 0 Å². The van der Waals surface area contributed by atoms with Crippen molar-refractivity contribution >= 4 is 0 Å². The lowest BCUT2D eigenvalue weighted by atomic mass is 10.1. The molecule has 17 heavy (non-hydrogen) atoms. The molecule has 0 fully saturated rings. The number of nitrogens with one attached hydrogen (secondary N) is 1. The molecular formula is C15H19NO. The summed E-state index contributed by atoms with van der Waals surface area (Å²) in [4.78, 5) is 0. The van der Waals surface area contributed by atoms with Gasteiger partial charge in [-0.1, -0.05) is 24.3 Å². The van der Waals surface area contributed by atoms with Gasteiger partial charge in [0.05, 0.1) is 12.8 Å². The molecule has 0 aliphatic rings. The van der Waals surface area contributed by atoms with Crippen LogP contribution < -0.4 is 5.32 Å². The van der Waals surface area contributed by atoms with Crippen molar-refractivity contribution in [1.82, 2.24) is 5.32 Å². The minimum atomic E-state index is 0.810. The minimum absolute atomic E-state index is 0.810. The molecule has 2 rings (SSSR count). The third-order valence-electron chi connectivity index (χ3n) is 3.09. The molecule has 1 N–H and O–H groups in total. The van der Waals surface area contributed by atoms with Crippen molar-refractivity contribution in [2.24, 2.45) is 0 Å². The molecule has 90 valence electrons. The van der Waals surface area contributed by atoms with Crippen LogP contribution in [0.1, 0.15) is 22.5 Å². The van der Waals surface area contributed by atoms with Crippen LogP contribution in [0.25, 0.3) is 0 Å². The van der Waals surface area contributed by atoms with Crippen molar-refractivity contribution in [3.8, 4) is 0 Å². The van der Waals surface area contributed by atoms with Gasteiger partial charge in [0.1, 0.15) is 5.76 Å². The number of benzene rings is 1. The van der Waals surface area contributed by atoms with Crippen molar-refractivity contribution < 1.29 is 4.42 Å². The fraction of sp³-hybridized carbons (Fsp3) is 0.333. The maximum absolute atomic E-state index is 5.38. The summed E-state index contributed by atoms with van der Waals surface area (Å²) in [7, 11) is 0. The zero-order valence-electron chi connectivity index (χ0n) is 10.5. The van der Waals surface area contributed by atoms with Crippen LogP contribution in [0.5, 0.6) is 0 Å². The molecule has 0 bridgehead atoms. The van der Waals surface area contributed by atoms with Crippen molar-refractivity contribution in [2.75, 3.05) is 6.54 Å². The quantitative estimate of drug-likeness (QED) is 0.796. The zero-order valence-corrected chi connectivity index (χ0v) is 10.5. The van der Waals surface area contributed by atoms with Crippen LogP contribution in [0.4, 0.5) is 0 Å². The first-order chi connectivity index (χ1) is 8.27. The number of hydrogen-bond donors (Lipinski definition) is 1. The monoisotopic (exact) mass is 229 g/mol. The molecule has 1 aromatic heterocycles. The lowest BCUT2D eigenvalue weighted by molar-refractivity contribution is 0.481. The SMILES string of the molecule is Cc1ccccc1CCNCc1occc1C. The van der Waals surface area contributed by atoms with Gasteiger partial charge < -0.3 is 9.73 Å². The second-order valence-corrected chi connectivity index (χ2v) is 4.38. The lowest BCUT2D eigenvalue weighted by Gasteiger charge is -2.06. The summed E-state index contributed by atoms with van der Waals surface area (Å²) >= 11 is 0. The van der Waals surface area contributed by atoms with Gasteiger partial charge in [0.2, 0.25) is 0 Å². The number of hydrogen-bond acceptors (Lipinski definition) is 2. The predicted octanol–water partition coefficient (Wildman–Crippen LogP) is 3.23. The summed E-state index contributed by atoms with van der Waals surface area (Å²) in [6, 6.07) is 10.5.